The van der Waals surface area contributed by atoms with E-state index in [9.17, 15) is 0 Å². The van der Waals surface area contributed by atoms with E-state index in [1.807, 2.05) is 0 Å². The summed E-state index contributed by atoms with van der Waals surface area (Å²) < 4.78 is 5.18. The fourth-order valence-corrected chi connectivity index (χ4v) is 1.50. The maximum Gasteiger partial charge on any atom is 0.144 e. The average Bonchev–Trinajstić information content (AvgIpc) is 2.20. The maximum atomic E-state index is 5.90. The number of ether oxygens (including phenoxy) is 1. The summed E-state index contributed by atoms with van der Waals surface area (Å²) in [5.74, 6) is 1.11. The fourth-order valence-electron chi connectivity index (χ4n) is 0.943. The van der Waals surface area contributed by atoms with Gasteiger partial charge in [0, 0.05) is 18.6 Å². The molecule has 1 aromatic rings. The van der Waals surface area contributed by atoms with Crippen LogP contribution >= 0.6 is 34.8 Å². The highest BCUT2D eigenvalue weighted by molar-refractivity contribution is 6.35. The van der Waals surface area contributed by atoms with Crippen molar-refractivity contribution in [3.8, 4) is 0 Å². The zero-order chi connectivity index (χ0) is 11.1. The second-order valence-corrected chi connectivity index (χ2v) is 3.93. The number of anilines is 1. The second-order valence-electron chi connectivity index (χ2n) is 2.71. The minimum Gasteiger partial charge on any atom is -0.378 e. The minimum absolute atomic E-state index is 0.500. The predicted molar refractivity (Wildman–Crippen MR) is 64.3 cm³/mol. The molecule has 0 fully saturated rings. The van der Waals surface area contributed by atoms with Crippen LogP contribution in [0.1, 0.15) is 0 Å². The van der Waals surface area contributed by atoms with E-state index < -0.39 is 0 Å². The van der Waals surface area contributed by atoms with E-state index in [4.69, 9.17) is 39.5 Å². The van der Waals surface area contributed by atoms with Crippen LogP contribution in [0.2, 0.25) is 10.0 Å². The Hall–Kier alpha value is -0.220. The Morgan fingerprint density at radius 2 is 2.13 bits per heavy atom. The second kappa shape index (κ2) is 7.12. The van der Waals surface area contributed by atoms with E-state index >= 15 is 0 Å². The van der Waals surface area contributed by atoms with Crippen molar-refractivity contribution in [2.45, 2.75) is 0 Å². The molecule has 0 aliphatic rings. The number of aromatic nitrogens is 1. The fraction of sp³-hybridized carbons (Fsp3) is 0.444. The highest BCUT2D eigenvalue weighted by Crippen LogP contribution is 2.21. The Morgan fingerprint density at radius 3 is 2.80 bits per heavy atom. The molecule has 0 spiro atoms. The number of halogens is 3. The van der Waals surface area contributed by atoms with Crippen LogP contribution < -0.4 is 5.32 Å². The lowest BCUT2D eigenvalue weighted by Crippen LogP contribution is -2.11. The molecular formula is C9H11Cl3N2O. The van der Waals surface area contributed by atoms with Crippen molar-refractivity contribution in [2.24, 2.45) is 0 Å². The Bertz CT molecular complexity index is 309. The average molecular weight is 270 g/mol. The molecule has 1 heterocycles. The van der Waals surface area contributed by atoms with Crippen LogP contribution in [0.4, 0.5) is 5.82 Å². The Morgan fingerprint density at radius 1 is 1.33 bits per heavy atom. The van der Waals surface area contributed by atoms with Crippen molar-refractivity contribution >= 4 is 40.6 Å². The number of hydrogen-bond donors (Lipinski definition) is 1. The topological polar surface area (TPSA) is 34.1 Å². The first kappa shape index (κ1) is 12.8. The minimum atomic E-state index is 0.500. The zero-order valence-electron chi connectivity index (χ0n) is 7.97. The van der Waals surface area contributed by atoms with Gasteiger partial charge in [-0.25, -0.2) is 4.98 Å². The number of rotatable bonds is 6. The van der Waals surface area contributed by atoms with Gasteiger partial charge in [-0.2, -0.15) is 0 Å². The van der Waals surface area contributed by atoms with E-state index in [0.717, 1.165) is 0 Å². The molecule has 0 aliphatic carbocycles. The molecule has 1 N–H and O–H groups in total. The van der Waals surface area contributed by atoms with Crippen molar-refractivity contribution in [1.29, 1.82) is 0 Å². The summed E-state index contributed by atoms with van der Waals surface area (Å²) in [6, 6.07) is 1.64. The number of pyridine rings is 1. The van der Waals surface area contributed by atoms with Gasteiger partial charge in [0.05, 0.1) is 23.3 Å². The quantitative estimate of drug-likeness (QED) is 0.637. The molecule has 6 heteroatoms. The molecule has 0 aliphatic heterocycles. The van der Waals surface area contributed by atoms with Gasteiger partial charge in [-0.1, -0.05) is 23.2 Å². The maximum absolute atomic E-state index is 5.90. The Balaban J connectivity index is 2.31. The zero-order valence-corrected chi connectivity index (χ0v) is 10.2. The normalized spacial score (nSPS) is 10.3. The molecule has 1 rings (SSSR count). The number of hydrogen-bond acceptors (Lipinski definition) is 3. The first-order valence-electron chi connectivity index (χ1n) is 4.42. The predicted octanol–water partition coefficient (Wildman–Crippen LogP) is 3.06. The van der Waals surface area contributed by atoms with Gasteiger partial charge in [-0.05, 0) is 6.07 Å². The smallest absolute Gasteiger partial charge is 0.144 e. The SMILES string of the molecule is ClCCOCCNc1ncc(Cl)cc1Cl. The highest BCUT2D eigenvalue weighted by Gasteiger charge is 2.01. The van der Waals surface area contributed by atoms with E-state index in [0.29, 0.717) is 41.5 Å². The summed E-state index contributed by atoms with van der Waals surface area (Å²) in [6.45, 7) is 1.74. The monoisotopic (exact) mass is 268 g/mol. The summed E-state index contributed by atoms with van der Waals surface area (Å²) in [6.07, 6.45) is 1.54. The molecule has 3 nitrogen and oxygen atoms in total. The Labute approximate surface area is 104 Å². The van der Waals surface area contributed by atoms with Crippen molar-refractivity contribution < 1.29 is 4.74 Å². The van der Waals surface area contributed by atoms with E-state index in [2.05, 4.69) is 10.3 Å². The van der Waals surface area contributed by atoms with Crippen LogP contribution in [-0.4, -0.2) is 30.6 Å². The third-order valence-electron chi connectivity index (χ3n) is 1.57. The van der Waals surface area contributed by atoms with Gasteiger partial charge in [0.2, 0.25) is 0 Å². The molecule has 0 bridgehead atoms. The number of nitrogens with one attached hydrogen (secondary N) is 1. The van der Waals surface area contributed by atoms with Gasteiger partial charge in [-0.3, -0.25) is 0 Å². The van der Waals surface area contributed by atoms with Crippen LogP contribution in [0.3, 0.4) is 0 Å². The van der Waals surface area contributed by atoms with Gasteiger partial charge in [-0.15, -0.1) is 11.6 Å². The first-order valence-corrected chi connectivity index (χ1v) is 5.71. The third kappa shape index (κ3) is 4.89. The summed E-state index contributed by atoms with van der Waals surface area (Å²) >= 11 is 17.1. The number of nitrogens with zero attached hydrogens (tertiary/aromatic N) is 1. The largest absolute Gasteiger partial charge is 0.378 e. The summed E-state index contributed by atoms with van der Waals surface area (Å²) in [4.78, 5) is 4.04. The lowest BCUT2D eigenvalue weighted by atomic mass is 10.4. The van der Waals surface area contributed by atoms with Crippen LogP contribution in [0.25, 0.3) is 0 Å². The molecule has 0 saturated carbocycles. The molecule has 0 amide bonds. The molecule has 0 aromatic carbocycles. The van der Waals surface area contributed by atoms with Gasteiger partial charge < -0.3 is 10.1 Å². The molecule has 0 atom stereocenters. The lowest BCUT2D eigenvalue weighted by molar-refractivity contribution is 0.160. The third-order valence-corrected chi connectivity index (χ3v) is 2.22. The molecule has 0 unspecified atom stereocenters. The van der Waals surface area contributed by atoms with Crippen molar-refractivity contribution in [1.82, 2.24) is 4.98 Å². The van der Waals surface area contributed by atoms with Gasteiger partial charge >= 0.3 is 0 Å². The van der Waals surface area contributed by atoms with Crippen LogP contribution in [-0.2, 0) is 4.74 Å². The van der Waals surface area contributed by atoms with E-state index in [-0.39, 0.29) is 0 Å². The first-order chi connectivity index (χ1) is 7.24. The summed E-state index contributed by atoms with van der Waals surface area (Å²) in [7, 11) is 0. The molecule has 15 heavy (non-hydrogen) atoms. The van der Waals surface area contributed by atoms with Gasteiger partial charge in [0.15, 0.2) is 0 Å². The molecule has 0 saturated heterocycles. The van der Waals surface area contributed by atoms with Crippen molar-refractivity contribution in [2.75, 3.05) is 31.0 Å². The van der Waals surface area contributed by atoms with Gasteiger partial charge in [0.25, 0.3) is 0 Å². The van der Waals surface area contributed by atoms with E-state index in [1.54, 1.807) is 6.07 Å². The summed E-state index contributed by atoms with van der Waals surface area (Å²) in [5, 5.41) is 4.05. The number of alkyl halides is 1. The van der Waals surface area contributed by atoms with Gasteiger partial charge in [0.1, 0.15) is 5.82 Å². The van der Waals surface area contributed by atoms with Crippen LogP contribution in [0, 0.1) is 0 Å². The highest BCUT2D eigenvalue weighted by atomic mass is 35.5. The molecule has 84 valence electrons. The lowest BCUT2D eigenvalue weighted by Gasteiger charge is -2.07. The molecular weight excluding hydrogens is 258 g/mol. The van der Waals surface area contributed by atoms with E-state index in [1.165, 1.54) is 6.20 Å². The molecule has 1 aromatic heterocycles. The van der Waals surface area contributed by atoms with Crippen molar-refractivity contribution in [3.63, 3.8) is 0 Å². The molecule has 0 radical (unpaired) electrons. The summed E-state index contributed by atoms with van der Waals surface area (Å²) in [5.41, 5.74) is 0. The van der Waals surface area contributed by atoms with Crippen molar-refractivity contribution in [3.05, 3.63) is 22.3 Å². The Kier molecular flexibility index (Phi) is 6.10. The van der Waals surface area contributed by atoms with Crippen LogP contribution in [0.5, 0.6) is 0 Å². The van der Waals surface area contributed by atoms with Crippen LogP contribution in [0.15, 0.2) is 12.3 Å². The standard InChI is InChI=1S/C9H11Cl3N2O/c10-1-3-15-4-2-13-9-8(12)5-7(11)6-14-9/h5-6H,1-4H2,(H,13,14).